The molecule has 3 aliphatic heterocycles. The number of ketones is 3. The van der Waals surface area contributed by atoms with Crippen LogP contribution in [0.15, 0.2) is 24.3 Å². The highest BCUT2D eigenvalue weighted by Crippen LogP contribution is 2.54. The molecule has 0 spiro atoms. The maximum atomic E-state index is 13.9. The van der Waals surface area contributed by atoms with E-state index in [1.54, 1.807) is 27.7 Å². The van der Waals surface area contributed by atoms with Gasteiger partial charge in [-0.2, -0.15) is 0 Å². The first kappa shape index (κ1) is 42.3. The van der Waals surface area contributed by atoms with E-state index in [0.717, 1.165) is 0 Å². The van der Waals surface area contributed by atoms with E-state index >= 15 is 0 Å². The average Bonchev–Trinajstić information content (AvgIpc) is 3.17. The molecule has 2 aromatic carbocycles. The molecule has 13 atom stereocenters. The Morgan fingerprint density at radius 1 is 0.897 bits per heavy atom. The molecule has 5 aliphatic rings. The van der Waals surface area contributed by atoms with Crippen molar-refractivity contribution in [3.8, 4) is 11.5 Å². The highest BCUT2D eigenvalue weighted by Gasteiger charge is 2.53. The van der Waals surface area contributed by atoms with E-state index in [2.05, 4.69) is 0 Å². The number of Topliss-reactive ketones (excluding diaryl/α,β-unsaturated/α-hetero) is 1. The standard InChI is InChI=1S/C42H53NO15/c1-8-42(51)17-28(33-22(35(42)41(50)52-7)14-23-34(38(33)49)37(48)32-21(36(23)47)10-9-11-26(32)45)56-30-15-24(43(5)6)39(19(3)54-30)58-31-16-27(46)40(20(4)55-31)57-29-13-12-25(44)18(2)53-29/h9-11,14,18-20,24,27-31,35,39-40,45-46,49,51H,8,12-13,15-17H2,1-7H3/t18-,19+,20+,24-,27-,28-,29+,30+,31+,35-,39+,40+,42+/m0/s1. The van der Waals surface area contributed by atoms with Crippen molar-refractivity contribution in [3.05, 3.63) is 57.6 Å². The monoisotopic (exact) mass is 811 g/mol. The lowest BCUT2D eigenvalue weighted by molar-refractivity contribution is -0.324. The number of fused-ring (bicyclic) bond motifs is 3. The van der Waals surface area contributed by atoms with Crippen molar-refractivity contribution in [2.24, 2.45) is 0 Å². The van der Waals surface area contributed by atoms with E-state index < -0.39 is 102 Å². The third kappa shape index (κ3) is 7.47. The molecule has 16 heteroatoms. The number of aromatic hydroxyl groups is 2. The number of nitrogens with zero attached hydrogens (tertiary/aromatic N) is 1. The molecule has 3 heterocycles. The molecule has 0 radical (unpaired) electrons. The number of carbonyl (C=O) groups excluding carboxylic acids is 4. The van der Waals surface area contributed by atoms with Crippen molar-refractivity contribution in [2.45, 2.75) is 145 Å². The molecule has 0 saturated carbocycles. The van der Waals surface area contributed by atoms with Crippen molar-refractivity contribution in [1.29, 1.82) is 0 Å². The van der Waals surface area contributed by atoms with Crippen LogP contribution in [0.2, 0.25) is 0 Å². The zero-order valence-corrected chi connectivity index (χ0v) is 33.7. The van der Waals surface area contributed by atoms with Crippen LogP contribution in [0.5, 0.6) is 11.5 Å². The van der Waals surface area contributed by atoms with E-state index in [4.69, 9.17) is 33.2 Å². The minimum atomic E-state index is -1.76. The lowest BCUT2D eigenvalue weighted by Crippen LogP contribution is -2.58. The predicted octanol–water partition coefficient (Wildman–Crippen LogP) is 3.16. The first-order valence-electron chi connectivity index (χ1n) is 19.9. The Morgan fingerprint density at radius 2 is 1.57 bits per heavy atom. The van der Waals surface area contributed by atoms with Gasteiger partial charge in [-0.3, -0.25) is 19.2 Å². The molecule has 2 aromatic rings. The van der Waals surface area contributed by atoms with Gasteiger partial charge in [0.25, 0.3) is 0 Å². The fourth-order valence-corrected chi connectivity index (χ4v) is 9.27. The molecule has 3 saturated heterocycles. The van der Waals surface area contributed by atoms with Gasteiger partial charge in [0.05, 0.1) is 48.3 Å². The number of methoxy groups -OCH3 is 1. The second kappa shape index (κ2) is 16.3. The summed E-state index contributed by atoms with van der Waals surface area (Å²) in [5.41, 5.74) is -2.49. The summed E-state index contributed by atoms with van der Waals surface area (Å²) < 4.78 is 42.6. The van der Waals surface area contributed by atoms with Gasteiger partial charge in [0.2, 0.25) is 5.78 Å². The summed E-state index contributed by atoms with van der Waals surface area (Å²) in [7, 11) is 4.91. The van der Waals surface area contributed by atoms with Crippen LogP contribution < -0.4 is 0 Å². The van der Waals surface area contributed by atoms with Crippen LogP contribution in [-0.4, -0.2) is 137 Å². The zero-order valence-electron chi connectivity index (χ0n) is 33.7. The number of aliphatic hydroxyl groups excluding tert-OH is 1. The average molecular weight is 812 g/mol. The van der Waals surface area contributed by atoms with E-state index in [0.29, 0.717) is 12.8 Å². The first-order chi connectivity index (χ1) is 27.5. The second-order valence-electron chi connectivity index (χ2n) is 16.3. The summed E-state index contributed by atoms with van der Waals surface area (Å²) in [5.74, 6) is -4.59. The SMILES string of the molecule is CC[C@@]1(O)C[C@H](O[C@@H]2C[C@H](N(C)C)[C@H](O[C@@H]3C[C@H](O)[C@H](O[C@@H]4CCC(=O)[C@H](C)O4)[C@@H](C)O3)[C@@H](C)O2)c2c(cc3c(c2O)C(=O)c2c(O)cccc2C3=O)[C@H]1C(=O)OC. The Kier molecular flexibility index (Phi) is 11.9. The van der Waals surface area contributed by atoms with Gasteiger partial charge in [-0.05, 0) is 59.0 Å². The molecule has 2 aliphatic carbocycles. The maximum absolute atomic E-state index is 13.9. The quantitative estimate of drug-likeness (QED) is 0.228. The van der Waals surface area contributed by atoms with Crippen LogP contribution in [-0.2, 0) is 42.7 Å². The Labute approximate surface area is 336 Å². The molecular weight excluding hydrogens is 758 g/mol. The predicted molar refractivity (Wildman–Crippen MR) is 201 cm³/mol. The summed E-state index contributed by atoms with van der Waals surface area (Å²) in [6.07, 6.45) is -6.64. The molecule has 0 aromatic heterocycles. The number of hydrogen-bond acceptors (Lipinski definition) is 16. The Morgan fingerprint density at radius 3 is 2.21 bits per heavy atom. The molecule has 4 N–H and O–H groups in total. The van der Waals surface area contributed by atoms with Gasteiger partial charge in [0.15, 0.2) is 30.4 Å². The van der Waals surface area contributed by atoms with E-state index in [1.165, 1.54) is 31.4 Å². The third-order valence-corrected chi connectivity index (χ3v) is 12.4. The van der Waals surface area contributed by atoms with E-state index in [9.17, 15) is 39.6 Å². The van der Waals surface area contributed by atoms with E-state index in [-0.39, 0.29) is 70.9 Å². The number of carbonyl (C=O) groups is 4. The molecule has 0 amide bonds. The number of phenolic OH excluding ortho intramolecular Hbond substituents is 2. The van der Waals surface area contributed by atoms with Crippen LogP contribution in [0.25, 0.3) is 0 Å². The number of phenols is 2. The zero-order chi connectivity index (χ0) is 42.0. The van der Waals surface area contributed by atoms with Gasteiger partial charge in [0.1, 0.15) is 35.7 Å². The van der Waals surface area contributed by atoms with Crippen LogP contribution in [0.4, 0.5) is 0 Å². The second-order valence-corrected chi connectivity index (χ2v) is 16.3. The number of aliphatic hydroxyl groups is 2. The molecule has 3 fully saturated rings. The number of ether oxygens (including phenoxy) is 7. The number of hydrogen-bond donors (Lipinski definition) is 4. The molecule has 316 valence electrons. The van der Waals surface area contributed by atoms with Gasteiger partial charge in [0, 0.05) is 54.8 Å². The van der Waals surface area contributed by atoms with Gasteiger partial charge in [-0.25, -0.2) is 0 Å². The maximum Gasteiger partial charge on any atom is 0.316 e. The van der Waals surface area contributed by atoms with Gasteiger partial charge >= 0.3 is 5.97 Å². The summed E-state index contributed by atoms with van der Waals surface area (Å²) in [4.78, 5) is 55.0. The van der Waals surface area contributed by atoms with Crippen LogP contribution in [0.1, 0.15) is 121 Å². The highest BCUT2D eigenvalue weighted by atomic mass is 16.7. The topological polar surface area (TPSA) is 217 Å². The summed E-state index contributed by atoms with van der Waals surface area (Å²) in [5, 5.41) is 45.9. The first-order valence-corrected chi connectivity index (χ1v) is 19.9. The summed E-state index contributed by atoms with van der Waals surface area (Å²) in [6, 6.07) is 5.11. The van der Waals surface area contributed by atoms with Crippen molar-refractivity contribution in [1.82, 2.24) is 4.90 Å². The fourth-order valence-electron chi connectivity index (χ4n) is 9.27. The molecular formula is C42H53NO15. The minimum absolute atomic E-state index is 0.00573. The van der Waals surface area contributed by atoms with Crippen molar-refractivity contribution in [2.75, 3.05) is 21.2 Å². The Hall–Kier alpha value is -3.84. The van der Waals surface area contributed by atoms with Crippen LogP contribution in [0.3, 0.4) is 0 Å². The fraction of sp³-hybridized carbons (Fsp3) is 0.619. The van der Waals surface area contributed by atoms with E-state index in [1.807, 2.05) is 19.0 Å². The molecule has 7 rings (SSSR count). The number of rotatable bonds is 9. The highest BCUT2D eigenvalue weighted by molar-refractivity contribution is 6.30. The molecule has 0 unspecified atom stereocenters. The number of esters is 1. The summed E-state index contributed by atoms with van der Waals surface area (Å²) in [6.45, 7) is 6.95. The van der Waals surface area contributed by atoms with Crippen LogP contribution >= 0.6 is 0 Å². The van der Waals surface area contributed by atoms with Crippen molar-refractivity contribution in [3.63, 3.8) is 0 Å². The smallest absolute Gasteiger partial charge is 0.316 e. The largest absolute Gasteiger partial charge is 0.507 e. The van der Waals surface area contributed by atoms with Gasteiger partial charge < -0.3 is 58.5 Å². The molecule has 16 nitrogen and oxygen atoms in total. The number of benzene rings is 2. The molecule has 58 heavy (non-hydrogen) atoms. The lowest BCUT2D eigenvalue weighted by Gasteiger charge is -2.48. The normalized spacial score (nSPS) is 36.3. The Bertz CT molecular complexity index is 1940. The minimum Gasteiger partial charge on any atom is -0.507 e. The Balaban J connectivity index is 1.13. The molecule has 0 bridgehead atoms. The van der Waals surface area contributed by atoms with Crippen molar-refractivity contribution >= 4 is 23.3 Å². The van der Waals surface area contributed by atoms with Gasteiger partial charge in [-0.1, -0.05) is 19.1 Å². The van der Waals surface area contributed by atoms with Crippen LogP contribution in [0, 0.1) is 0 Å². The third-order valence-electron chi connectivity index (χ3n) is 12.4. The lowest BCUT2D eigenvalue weighted by atomic mass is 9.67. The number of likely N-dealkylation sites (N-methyl/N-ethyl adjacent to an activating group) is 1. The summed E-state index contributed by atoms with van der Waals surface area (Å²) >= 11 is 0. The van der Waals surface area contributed by atoms with Crippen molar-refractivity contribution < 1.29 is 72.8 Å². The van der Waals surface area contributed by atoms with Gasteiger partial charge in [-0.15, -0.1) is 0 Å².